The smallest absolute Gasteiger partial charge is 0.240 e. The molecular formula is C16H19ClN4OS2. The number of hydrogen-bond donors (Lipinski definition) is 2. The fourth-order valence-corrected chi connectivity index (χ4v) is 4.33. The Hall–Kier alpha value is -1.31. The SMILES string of the molecule is CCCc1n[nH]c(=S)n1CC(=O)NC1CCSc2ccc(Cl)cc21. The lowest BCUT2D eigenvalue weighted by atomic mass is 10.0. The van der Waals surface area contributed by atoms with E-state index in [1.54, 1.807) is 16.3 Å². The molecule has 2 aromatic rings. The molecule has 1 aliphatic heterocycles. The van der Waals surface area contributed by atoms with E-state index in [1.807, 2.05) is 18.2 Å². The molecule has 1 aromatic heterocycles. The highest BCUT2D eigenvalue weighted by molar-refractivity contribution is 7.99. The van der Waals surface area contributed by atoms with Crippen LogP contribution in [-0.2, 0) is 17.8 Å². The van der Waals surface area contributed by atoms with E-state index >= 15 is 0 Å². The van der Waals surface area contributed by atoms with Gasteiger partial charge in [-0.15, -0.1) is 11.8 Å². The molecule has 1 aromatic carbocycles. The van der Waals surface area contributed by atoms with Crippen molar-refractivity contribution in [3.8, 4) is 0 Å². The molecule has 2 heterocycles. The van der Waals surface area contributed by atoms with Crippen molar-refractivity contribution in [2.75, 3.05) is 5.75 Å². The van der Waals surface area contributed by atoms with Crippen molar-refractivity contribution in [1.82, 2.24) is 20.1 Å². The Kier molecular flexibility index (Phi) is 5.63. The van der Waals surface area contributed by atoms with E-state index in [2.05, 4.69) is 22.4 Å². The maximum atomic E-state index is 12.5. The fraction of sp³-hybridized carbons (Fsp3) is 0.438. The first-order valence-electron chi connectivity index (χ1n) is 7.94. The van der Waals surface area contributed by atoms with Gasteiger partial charge in [0.25, 0.3) is 0 Å². The van der Waals surface area contributed by atoms with Gasteiger partial charge in [-0.2, -0.15) is 5.10 Å². The number of nitrogens with one attached hydrogen (secondary N) is 2. The Morgan fingerprint density at radius 1 is 1.58 bits per heavy atom. The highest BCUT2D eigenvalue weighted by Crippen LogP contribution is 2.37. The number of benzene rings is 1. The van der Waals surface area contributed by atoms with Crippen molar-refractivity contribution in [3.05, 3.63) is 39.4 Å². The number of thioether (sulfide) groups is 1. The molecule has 128 valence electrons. The quantitative estimate of drug-likeness (QED) is 0.770. The predicted molar refractivity (Wildman–Crippen MR) is 99.1 cm³/mol. The summed E-state index contributed by atoms with van der Waals surface area (Å²) in [6.07, 6.45) is 2.63. The Morgan fingerprint density at radius 3 is 3.21 bits per heavy atom. The van der Waals surface area contributed by atoms with Crippen LogP contribution in [0, 0.1) is 4.77 Å². The minimum atomic E-state index is -0.0623. The third-order valence-electron chi connectivity index (χ3n) is 3.96. The van der Waals surface area contributed by atoms with Gasteiger partial charge in [0.1, 0.15) is 12.4 Å². The van der Waals surface area contributed by atoms with Gasteiger partial charge >= 0.3 is 0 Å². The summed E-state index contributed by atoms with van der Waals surface area (Å²) in [6.45, 7) is 2.26. The minimum absolute atomic E-state index is 0.0110. The van der Waals surface area contributed by atoms with Gasteiger partial charge in [-0.3, -0.25) is 14.5 Å². The summed E-state index contributed by atoms with van der Waals surface area (Å²) >= 11 is 13.2. The summed E-state index contributed by atoms with van der Waals surface area (Å²) in [7, 11) is 0. The zero-order valence-electron chi connectivity index (χ0n) is 13.3. The number of aromatic amines is 1. The lowest BCUT2D eigenvalue weighted by Gasteiger charge is -2.26. The second kappa shape index (κ2) is 7.72. The lowest BCUT2D eigenvalue weighted by molar-refractivity contribution is -0.122. The van der Waals surface area contributed by atoms with Crippen LogP contribution in [0.4, 0.5) is 0 Å². The summed E-state index contributed by atoms with van der Waals surface area (Å²) in [5, 5.41) is 10.8. The Labute approximate surface area is 155 Å². The molecule has 3 rings (SSSR count). The molecule has 0 radical (unpaired) electrons. The monoisotopic (exact) mass is 382 g/mol. The third kappa shape index (κ3) is 3.84. The maximum Gasteiger partial charge on any atom is 0.240 e. The van der Waals surface area contributed by atoms with Gasteiger partial charge in [0.15, 0.2) is 4.77 Å². The normalized spacial score (nSPS) is 16.7. The van der Waals surface area contributed by atoms with Crippen molar-refractivity contribution in [3.63, 3.8) is 0 Å². The van der Waals surface area contributed by atoms with E-state index in [0.29, 0.717) is 9.79 Å². The van der Waals surface area contributed by atoms with Crippen molar-refractivity contribution < 1.29 is 4.79 Å². The van der Waals surface area contributed by atoms with Gasteiger partial charge in [-0.1, -0.05) is 18.5 Å². The van der Waals surface area contributed by atoms with Crippen LogP contribution in [0.15, 0.2) is 23.1 Å². The van der Waals surface area contributed by atoms with Gasteiger partial charge in [-0.05, 0) is 48.8 Å². The molecular weight excluding hydrogens is 364 g/mol. The first kappa shape index (κ1) is 17.5. The van der Waals surface area contributed by atoms with Gasteiger partial charge in [-0.25, -0.2) is 0 Å². The molecule has 1 amide bonds. The van der Waals surface area contributed by atoms with E-state index in [1.165, 1.54) is 4.90 Å². The molecule has 5 nitrogen and oxygen atoms in total. The molecule has 1 atom stereocenters. The Bertz CT molecular complexity index is 802. The summed E-state index contributed by atoms with van der Waals surface area (Å²) < 4.78 is 2.25. The molecule has 8 heteroatoms. The number of H-pyrrole nitrogens is 1. The van der Waals surface area contributed by atoms with Gasteiger partial charge in [0.05, 0.1) is 6.04 Å². The van der Waals surface area contributed by atoms with Crippen LogP contribution in [0.1, 0.15) is 37.2 Å². The molecule has 0 spiro atoms. The van der Waals surface area contributed by atoms with Crippen LogP contribution >= 0.6 is 35.6 Å². The first-order chi connectivity index (χ1) is 11.6. The van der Waals surface area contributed by atoms with E-state index < -0.39 is 0 Å². The number of carbonyl (C=O) groups excluding carboxylic acids is 1. The predicted octanol–water partition coefficient (Wildman–Crippen LogP) is 3.90. The molecule has 0 aliphatic carbocycles. The fourth-order valence-electron chi connectivity index (χ4n) is 2.83. The molecule has 1 aliphatic rings. The van der Waals surface area contributed by atoms with E-state index in [0.717, 1.165) is 36.4 Å². The summed E-state index contributed by atoms with van der Waals surface area (Å²) in [5.41, 5.74) is 1.09. The van der Waals surface area contributed by atoms with Crippen molar-refractivity contribution in [2.45, 2.75) is 43.7 Å². The van der Waals surface area contributed by atoms with E-state index in [9.17, 15) is 4.79 Å². The lowest BCUT2D eigenvalue weighted by Crippen LogP contribution is -2.33. The van der Waals surface area contributed by atoms with E-state index in [4.69, 9.17) is 23.8 Å². The summed E-state index contributed by atoms with van der Waals surface area (Å²) in [6, 6.07) is 5.84. The van der Waals surface area contributed by atoms with Crippen LogP contribution in [-0.4, -0.2) is 26.4 Å². The Morgan fingerprint density at radius 2 is 2.42 bits per heavy atom. The van der Waals surface area contributed by atoms with Gasteiger partial charge in [0.2, 0.25) is 5.91 Å². The van der Waals surface area contributed by atoms with Crippen molar-refractivity contribution in [2.24, 2.45) is 0 Å². The van der Waals surface area contributed by atoms with Crippen molar-refractivity contribution >= 4 is 41.5 Å². The van der Waals surface area contributed by atoms with Gasteiger partial charge in [0, 0.05) is 22.1 Å². The van der Waals surface area contributed by atoms with Crippen LogP contribution < -0.4 is 5.32 Å². The molecule has 0 fully saturated rings. The molecule has 2 N–H and O–H groups in total. The van der Waals surface area contributed by atoms with E-state index in [-0.39, 0.29) is 18.5 Å². The number of aryl methyl sites for hydroxylation is 1. The van der Waals surface area contributed by atoms with Crippen molar-refractivity contribution in [1.29, 1.82) is 0 Å². The number of rotatable bonds is 5. The standard InChI is InChI=1S/C16H19ClN4OS2/c1-2-3-14-19-20-16(23)21(14)9-15(22)18-12-6-7-24-13-5-4-10(17)8-11(12)13/h4-5,8,12H,2-3,6-7,9H2,1H3,(H,18,22)(H,20,23). The molecule has 1 unspecified atom stereocenters. The molecule has 24 heavy (non-hydrogen) atoms. The first-order valence-corrected chi connectivity index (χ1v) is 9.71. The number of hydrogen-bond acceptors (Lipinski definition) is 4. The zero-order valence-corrected chi connectivity index (χ0v) is 15.7. The minimum Gasteiger partial charge on any atom is -0.348 e. The molecule has 0 saturated heterocycles. The highest BCUT2D eigenvalue weighted by Gasteiger charge is 2.23. The van der Waals surface area contributed by atoms with Crippen LogP contribution in [0.3, 0.4) is 0 Å². The van der Waals surface area contributed by atoms with Crippen LogP contribution in [0.5, 0.6) is 0 Å². The summed E-state index contributed by atoms with van der Waals surface area (Å²) in [5.74, 6) is 1.74. The largest absolute Gasteiger partial charge is 0.348 e. The van der Waals surface area contributed by atoms with Crippen LogP contribution in [0.25, 0.3) is 0 Å². The zero-order chi connectivity index (χ0) is 17.1. The average molecular weight is 383 g/mol. The molecule has 0 saturated carbocycles. The number of carbonyl (C=O) groups is 1. The topological polar surface area (TPSA) is 62.7 Å². The van der Waals surface area contributed by atoms with Crippen LogP contribution in [0.2, 0.25) is 5.02 Å². The summed E-state index contributed by atoms with van der Waals surface area (Å²) in [4.78, 5) is 13.7. The van der Waals surface area contributed by atoms with Gasteiger partial charge < -0.3 is 5.32 Å². The second-order valence-electron chi connectivity index (χ2n) is 5.72. The number of nitrogens with zero attached hydrogens (tertiary/aromatic N) is 2. The third-order valence-corrected chi connectivity index (χ3v) is 5.63. The number of aromatic nitrogens is 3. The average Bonchev–Trinajstić information content (AvgIpc) is 2.89. The molecule has 0 bridgehead atoms. The number of halogens is 1. The highest BCUT2D eigenvalue weighted by atomic mass is 35.5. The number of amides is 1. The Balaban J connectivity index is 1.74. The second-order valence-corrected chi connectivity index (χ2v) is 7.68. The number of fused-ring (bicyclic) bond motifs is 1. The maximum absolute atomic E-state index is 12.5.